The van der Waals surface area contributed by atoms with Gasteiger partial charge in [0.1, 0.15) is 11.6 Å². The number of nitrogens with zero attached hydrogens (tertiary/aromatic N) is 3. The Morgan fingerprint density at radius 2 is 1.74 bits per heavy atom. The summed E-state index contributed by atoms with van der Waals surface area (Å²) in [5.41, 5.74) is 1.18. The zero-order valence-electron chi connectivity index (χ0n) is 13.5. The molecule has 0 radical (unpaired) electrons. The molecule has 2 saturated carbocycles. The molecule has 6 rings (SSSR count). The molecule has 4 aliphatic rings. The molecule has 2 aliphatic heterocycles. The predicted molar refractivity (Wildman–Crippen MR) is 90.5 cm³/mol. The normalized spacial score (nSPS) is 31.0. The quantitative estimate of drug-likeness (QED) is 0.934. The number of aromatic nitrogens is 3. The Balaban J connectivity index is 1.35. The number of anilines is 1. The van der Waals surface area contributed by atoms with Crippen LogP contribution < -0.4 is 5.32 Å². The Bertz CT molecular complexity index is 679. The van der Waals surface area contributed by atoms with Crippen LogP contribution in [0.15, 0.2) is 30.3 Å². The molecule has 120 valence electrons. The van der Waals surface area contributed by atoms with Gasteiger partial charge in [0.15, 0.2) is 0 Å². The van der Waals surface area contributed by atoms with Crippen LogP contribution in [0.4, 0.5) is 5.69 Å². The molecule has 0 saturated heterocycles. The Labute approximate surface area is 137 Å². The summed E-state index contributed by atoms with van der Waals surface area (Å²) in [4.78, 5) is 0. The van der Waals surface area contributed by atoms with Crippen molar-refractivity contribution in [1.29, 1.82) is 0 Å². The highest BCUT2D eigenvalue weighted by molar-refractivity contribution is 5.42. The zero-order chi connectivity index (χ0) is 15.2. The third-order valence-corrected chi connectivity index (χ3v) is 6.09. The Morgan fingerprint density at radius 1 is 0.957 bits per heavy atom. The molecule has 1 aromatic carbocycles. The monoisotopic (exact) mass is 308 g/mol. The van der Waals surface area contributed by atoms with Crippen LogP contribution in [0.25, 0.3) is 0 Å². The maximum absolute atomic E-state index is 4.63. The molecule has 2 aliphatic carbocycles. The number of benzene rings is 1. The van der Waals surface area contributed by atoms with Crippen molar-refractivity contribution in [1.82, 2.24) is 14.8 Å². The first-order valence-electron chi connectivity index (χ1n) is 9.09. The smallest absolute Gasteiger partial charge is 0.136 e. The van der Waals surface area contributed by atoms with E-state index in [2.05, 4.69) is 50.4 Å². The summed E-state index contributed by atoms with van der Waals surface area (Å²) >= 11 is 0. The average molecular weight is 308 g/mol. The van der Waals surface area contributed by atoms with Gasteiger partial charge < -0.3 is 9.88 Å². The van der Waals surface area contributed by atoms with E-state index in [1.165, 1.54) is 49.4 Å². The van der Waals surface area contributed by atoms with Gasteiger partial charge in [0.2, 0.25) is 0 Å². The molecule has 0 spiro atoms. The van der Waals surface area contributed by atoms with E-state index in [9.17, 15) is 0 Å². The third kappa shape index (κ3) is 2.35. The molecule has 4 bridgehead atoms. The van der Waals surface area contributed by atoms with Gasteiger partial charge in [-0.2, -0.15) is 0 Å². The minimum atomic E-state index is 0.669. The molecule has 2 atom stereocenters. The second-order valence-electron chi connectivity index (χ2n) is 7.65. The van der Waals surface area contributed by atoms with E-state index in [-0.39, 0.29) is 0 Å². The van der Waals surface area contributed by atoms with Gasteiger partial charge in [0.05, 0.1) is 0 Å². The van der Waals surface area contributed by atoms with Crippen molar-refractivity contribution in [2.24, 2.45) is 11.8 Å². The molecule has 2 aromatic rings. The summed E-state index contributed by atoms with van der Waals surface area (Å²) in [5.74, 6) is 5.05. The third-order valence-electron chi connectivity index (χ3n) is 6.09. The first kappa shape index (κ1) is 13.6. The minimum absolute atomic E-state index is 0.669. The number of hydrogen-bond donors (Lipinski definition) is 1. The molecule has 3 heterocycles. The Hall–Kier alpha value is -1.84. The van der Waals surface area contributed by atoms with Gasteiger partial charge in [-0.25, -0.2) is 0 Å². The van der Waals surface area contributed by atoms with Crippen molar-refractivity contribution >= 4 is 5.69 Å². The topological polar surface area (TPSA) is 42.7 Å². The summed E-state index contributed by atoms with van der Waals surface area (Å²) in [6.45, 7) is 0.923. The molecule has 23 heavy (non-hydrogen) atoms. The van der Waals surface area contributed by atoms with Crippen molar-refractivity contribution in [3.05, 3.63) is 42.0 Å². The van der Waals surface area contributed by atoms with E-state index in [1.54, 1.807) is 0 Å². The number of nitrogens with one attached hydrogen (secondary N) is 1. The maximum Gasteiger partial charge on any atom is 0.136 e. The fourth-order valence-corrected chi connectivity index (χ4v) is 5.30. The van der Waals surface area contributed by atoms with Crippen LogP contribution in [0.1, 0.15) is 55.7 Å². The lowest BCUT2D eigenvalue weighted by Crippen LogP contribution is -2.27. The van der Waals surface area contributed by atoms with Crippen molar-refractivity contribution in [2.75, 3.05) is 11.9 Å². The van der Waals surface area contributed by atoms with Gasteiger partial charge in [0.25, 0.3) is 0 Å². The van der Waals surface area contributed by atoms with Crippen LogP contribution in [-0.2, 0) is 6.42 Å². The van der Waals surface area contributed by atoms with Crippen LogP contribution in [0, 0.1) is 11.8 Å². The number of rotatable bonds is 4. The predicted octanol–water partition coefficient (Wildman–Crippen LogP) is 3.78. The van der Waals surface area contributed by atoms with Crippen molar-refractivity contribution in [3.8, 4) is 0 Å². The Kier molecular flexibility index (Phi) is 3.17. The standard InChI is InChI=1S/C19H24N4/c1-2-4-16(5-3-1)20-7-6-18-21-22-19-15-9-13-8-14(10-15)12-17(11-13)23(18)19/h1-5,13-15,17,20H,6-12H2. The van der Waals surface area contributed by atoms with Crippen molar-refractivity contribution in [3.63, 3.8) is 0 Å². The van der Waals surface area contributed by atoms with Crippen LogP contribution in [-0.4, -0.2) is 21.3 Å². The minimum Gasteiger partial charge on any atom is -0.385 e. The highest BCUT2D eigenvalue weighted by Crippen LogP contribution is 2.53. The summed E-state index contributed by atoms with van der Waals surface area (Å²) in [5, 5.41) is 12.7. The molecule has 0 amide bonds. The fraction of sp³-hybridized carbons (Fsp3) is 0.579. The van der Waals surface area contributed by atoms with Gasteiger partial charge in [-0.05, 0) is 56.1 Å². The first-order chi connectivity index (χ1) is 11.4. The molecule has 1 N–H and O–H groups in total. The van der Waals surface area contributed by atoms with Crippen molar-refractivity contribution < 1.29 is 0 Å². The lowest BCUT2D eigenvalue weighted by molar-refractivity contribution is 0.149. The van der Waals surface area contributed by atoms with Crippen LogP contribution in [0.2, 0.25) is 0 Å². The van der Waals surface area contributed by atoms with E-state index in [0.717, 1.165) is 24.8 Å². The SMILES string of the molecule is c1ccc(NCCc2nnc3n2C2CC4CC(CC3C4)C2)cc1. The van der Waals surface area contributed by atoms with E-state index in [1.807, 2.05) is 0 Å². The van der Waals surface area contributed by atoms with Crippen LogP contribution in [0.3, 0.4) is 0 Å². The average Bonchev–Trinajstić information content (AvgIpc) is 2.91. The van der Waals surface area contributed by atoms with Gasteiger partial charge >= 0.3 is 0 Å². The van der Waals surface area contributed by atoms with E-state index in [4.69, 9.17) is 0 Å². The second kappa shape index (κ2) is 5.36. The lowest BCUT2D eigenvalue weighted by Gasteiger charge is -2.38. The number of hydrogen-bond acceptors (Lipinski definition) is 3. The highest BCUT2D eigenvalue weighted by atomic mass is 15.3. The second-order valence-corrected chi connectivity index (χ2v) is 7.65. The molecular formula is C19H24N4. The fourth-order valence-electron chi connectivity index (χ4n) is 5.30. The van der Waals surface area contributed by atoms with E-state index < -0.39 is 0 Å². The van der Waals surface area contributed by atoms with Gasteiger partial charge in [-0.15, -0.1) is 10.2 Å². The molecule has 2 unspecified atom stereocenters. The van der Waals surface area contributed by atoms with E-state index in [0.29, 0.717) is 12.0 Å². The highest BCUT2D eigenvalue weighted by Gasteiger charge is 2.43. The molecule has 1 aromatic heterocycles. The van der Waals surface area contributed by atoms with Gasteiger partial charge in [-0.3, -0.25) is 0 Å². The summed E-state index contributed by atoms with van der Waals surface area (Å²) in [6.07, 6.45) is 7.85. The largest absolute Gasteiger partial charge is 0.385 e. The van der Waals surface area contributed by atoms with Crippen LogP contribution in [0.5, 0.6) is 0 Å². The number of para-hydroxylation sites is 1. The van der Waals surface area contributed by atoms with Gasteiger partial charge in [0, 0.05) is 30.6 Å². The van der Waals surface area contributed by atoms with Crippen molar-refractivity contribution in [2.45, 2.75) is 50.5 Å². The lowest BCUT2D eigenvalue weighted by atomic mass is 9.68. The zero-order valence-corrected chi connectivity index (χ0v) is 13.5. The molecule has 4 nitrogen and oxygen atoms in total. The summed E-state index contributed by atoms with van der Waals surface area (Å²) < 4.78 is 2.54. The first-order valence-corrected chi connectivity index (χ1v) is 9.09. The van der Waals surface area contributed by atoms with Crippen LogP contribution >= 0.6 is 0 Å². The summed E-state index contributed by atoms with van der Waals surface area (Å²) in [7, 11) is 0. The molecular weight excluding hydrogens is 284 g/mol. The van der Waals surface area contributed by atoms with E-state index >= 15 is 0 Å². The Morgan fingerprint density at radius 3 is 2.52 bits per heavy atom. The molecule has 2 fully saturated rings. The van der Waals surface area contributed by atoms with Gasteiger partial charge in [-0.1, -0.05) is 18.2 Å². The summed E-state index contributed by atoms with van der Waals surface area (Å²) in [6, 6.07) is 11.1. The molecule has 4 heteroatoms. The maximum atomic E-state index is 4.63.